The van der Waals surface area contributed by atoms with E-state index in [1.807, 2.05) is 0 Å². The molecule has 0 heterocycles. The molecule has 29 heavy (non-hydrogen) atoms. The first kappa shape index (κ1) is 19.7. The van der Waals surface area contributed by atoms with E-state index in [1.54, 1.807) is 44.2 Å². The predicted molar refractivity (Wildman–Crippen MR) is 106 cm³/mol. The molecule has 146 valence electrons. The zero-order valence-electron chi connectivity index (χ0n) is 15.7. The Kier molecular flexibility index (Phi) is 5.64. The molecule has 0 unspecified atom stereocenters. The maximum atomic E-state index is 12.3. The van der Waals surface area contributed by atoms with Gasteiger partial charge in [-0.15, -0.1) is 0 Å². The number of rotatable bonds is 5. The van der Waals surface area contributed by atoms with Crippen LogP contribution in [0, 0.1) is 24.0 Å². The maximum absolute atomic E-state index is 12.3. The molecule has 0 aliphatic carbocycles. The second-order valence-corrected chi connectivity index (χ2v) is 6.32. The number of azo groups is 1. The van der Waals surface area contributed by atoms with E-state index in [-0.39, 0.29) is 22.7 Å². The van der Waals surface area contributed by atoms with Gasteiger partial charge < -0.3 is 9.84 Å². The number of esters is 1. The average Bonchev–Trinajstić information content (AvgIpc) is 2.71. The quantitative estimate of drug-likeness (QED) is 0.201. The number of ether oxygens (including phenoxy) is 1. The standard InChI is InChI=1S/C21H17N3O5/c1-13-10-17(11-14(2)20(13)25)23-22-16-5-3-4-15(12-16)21(26)29-19-8-6-18(7-9-19)24(27)28/h3-12,25H,1-2H3. The molecule has 0 atom stereocenters. The summed E-state index contributed by atoms with van der Waals surface area (Å²) < 4.78 is 5.24. The van der Waals surface area contributed by atoms with Crippen molar-refractivity contribution in [3.05, 3.63) is 87.5 Å². The first-order chi connectivity index (χ1) is 13.8. The van der Waals surface area contributed by atoms with E-state index in [0.717, 1.165) is 0 Å². The largest absolute Gasteiger partial charge is 0.507 e. The third-order valence-corrected chi connectivity index (χ3v) is 4.10. The summed E-state index contributed by atoms with van der Waals surface area (Å²) in [6.07, 6.45) is 0. The Bertz CT molecular complexity index is 1080. The molecule has 1 N–H and O–H groups in total. The van der Waals surface area contributed by atoms with Gasteiger partial charge >= 0.3 is 5.97 Å². The Balaban J connectivity index is 1.75. The van der Waals surface area contributed by atoms with E-state index in [2.05, 4.69) is 10.2 Å². The lowest BCUT2D eigenvalue weighted by Gasteiger charge is -2.05. The monoisotopic (exact) mass is 391 g/mol. The lowest BCUT2D eigenvalue weighted by molar-refractivity contribution is -0.384. The molecule has 3 aromatic carbocycles. The first-order valence-electron chi connectivity index (χ1n) is 8.62. The van der Waals surface area contributed by atoms with Crippen LogP contribution >= 0.6 is 0 Å². The maximum Gasteiger partial charge on any atom is 0.343 e. The molecule has 0 fully saturated rings. The van der Waals surface area contributed by atoms with Crippen LogP contribution in [0.3, 0.4) is 0 Å². The van der Waals surface area contributed by atoms with Crippen LogP contribution in [0.15, 0.2) is 70.9 Å². The second-order valence-electron chi connectivity index (χ2n) is 6.32. The Morgan fingerprint density at radius 2 is 1.59 bits per heavy atom. The number of phenols is 1. The van der Waals surface area contributed by atoms with Crippen molar-refractivity contribution >= 4 is 23.0 Å². The van der Waals surface area contributed by atoms with Gasteiger partial charge in [0.05, 0.1) is 21.9 Å². The predicted octanol–water partition coefficient (Wildman–Crippen LogP) is 5.55. The minimum atomic E-state index is -0.618. The summed E-state index contributed by atoms with van der Waals surface area (Å²) in [5.74, 6) is -0.199. The molecule has 8 nitrogen and oxygen atoms in total. The molecule has 0 spiro atoms. The van der Waals surface area contributed by atoms with Crippen molar-refractivity contribution in [1.82, 2.24) is 0 Å². The van der Waals surface area contributed by atoms with Crippen LogP contribution in [0.2, 0.25) is 0 Å². The summed E-state index contributed by atoms with van der Waals surface area (Å²) >= 11 is 0. The SMILES string of the molecule is Cc1cc(N=Nc2cccc(C(=O)Oc3ccc([N+](=O)[O-])cc3)c2)cc(C)c1O. The lowest BCUT2D eigenvalue weighted by atomic mass is 10.1. The van der Waals surface area contributed by atoms with Crippen molar-refractivity contribution in [3.63, 3.8) is 0 Å². The summed E-state index contributed by atoms with van der Waals surface area (Å²) in [7, 11) is 0. The van der Waals surface area contributed by atoms with E-state index in [9.17, 15) is 20.0 Å². The van der Waals surface area contributed by atoms with Crippen molar-refractivity contribution in [1.29, 1.82) is 0 Å². The number of aryl methyl sites for hydroxylation is 2. The number of non-ortho nitro benzene ring substituents is 1. The van der Waals surface area contributed by atoms with E-state index in [1.165, 1.54) is 30.3 Å². The van der Waals surface area contributed by atoms with Gasteiger partial charge in [-0.25, -0.2) is 4.79 Å². The Morgan fingerprint density at radius 3 is 2.21 bits per heavy atom. The fraction of sp³-hybridized carbons (Fsp3) is 0.0952. The molecule has 0 saturated carbocycles. The lowest BCUT2D eigenvalue weighted by Crippen LogP contribution is -2.08. The zero-order chi connectivity index (χ0) is 21.0. The molecule has 0 amide bonds. The molecule has 0 bridgehead atoms. The number of aromatic hydroxyl groups is 1. The fourth-order valence-electron chi connectivity index (χ4n) is 2.60. The smallest absolute Gasteiger partial charge is 0.343 e. The Hall–Kier alpha value is -4.07. The number of benzene rings is 3. The van der Waals surface area contributed by atoms with E-state index in [0.29, 0.717) is 22.5 Å². The number of hydrogen-bond donors (Lipinski definition) is 1. The number of nitrogens with zero attached hydrogens (tertiary/aromatic N) is 3. The highest BCUT2D eigenvalue weighted by Crippen LogP contribution is 2.28. The van der Waals surface area contributed by atoms with Gasteiger partial charge in [0.15, 0.2) is 0 Å². The molecule has 0 aliphatic heterocycles. The number of hydrogen-bond acceptors (Lipinski definition) is 7. The molecule has 8 heteroatoms. The van der Waals surface area contributed by atoms with E-state index < -0.39 is 10.9 Å². The minimum Gasteiger partial charge on any atom is -0.507 e. The zero-order valence-corrected chi connectivity index (χ0v) is 15.7. The molecular weight excluding hydrogens is 374 g/mol. The van der Waals surface area contributed by atoms with Gasteiger partial charge in [-0.1, -0.05) is 6.07 Å². The molecule has 3 aromatic rings. The van der Waals surface area contributed by atoms with Crippen LogP contribution < -0.4 is 4.74 Å². The van der Waals surface area contributed by atoms with Crippen LogP contribution in [-0.2, 0) is 0 Å². The number of carbonyl (C=O) groups excluding carboxylic acids is 1. The van der Waals surface area contributed by atoms with E-state index in [4.69, 9.17) is 4.74 Å². The minimum absolute atomic E-state index is 0.0908. The van der Waals surface area contributed by atoms with Crippen molar-refractivity contribution in [2.75, 3.05) is 0 Å². The third-order valence-electron chi connectivity index (χ3n) is 4.10. The second kappa shape index (κ2) is 8.30. The fourth-order valence-corrected chi connectivity index (χ4v) is 2.60. The molecule has 3 rings (SSSR count). The van der Waals surface area contributed by atoms with Crippen molar-refractivity contribution in [2.24, 2.45) is 10.2 Å². The van der Waals surface area contributed by atoms with Gasteiger partial charge in [0.1, 0.15) is 11.5 Å². The van der Waals surface area contributed by atoms with Gasteiger partial charge in [0.2, 0.25) is 0 Å². The number of nitro benzene ring substituents is 1. The molecule has 0 radical (unpaired) electrons. The van der Waals surface area contributed by atoms with Gasteiger partial charge in [-0.3, -0.25) is 10.1 Å². The molecule has 0 saturated heterocycles. The normalized spacial score (nSPS) is 10.8. The van der Waals surface area contributed by atoms with Crippen molar-refractivity contribution in [3.8, 4) is 11.5 Å². The summed E-state index contributed by atoms with van der Waals surface area (Å²) in [6, 6.07) is 15.1. The van der Waals surface area contributed by atoms with Crippen molar-refractivity contribution < 1.29 is 19.6 Å². The Labute approximate surface area is 166 Å². The Morgan fingerprint density at radius 1 is 0.966 bits per heavy atom. The molecular formula is C21H17N3O5. The highest BCUT2D eigenvalue weighted by molar-refractivity contribution is 5.91. The van der Waals surface area contributed by atoms with Gasteiger partial charge in [0, 0.05) is 12.1 Å². The van der Waals surface area contributed by atoms with E-state index >= 15 is 0 Å². The summed E-state index contributed by atoms with van der Waals surface area (Å²) in [4.78, 5) is 22.5. The van der Waals surface area contributed by atoms with Gasteiger partial charge in [-0.05, 0) is 67.4 Å². The number of phenolic OH excluding ortho intramolecular Hbond substituents is 1. The summed E-state index contributed by atoms with van der Waals surface area (Å²) in [6.45, 7) is 3.55. The molecule has 0 aliphatic rings. The number of nitro groups is 1. The number of carbonyl (C=O) groups is 1. The van der Waals surface area contributed by atoms with Crippen LogP contribution in [0.1, 0.15) is 21.5 Å². The first-order valence-corrected chi connectivity index (χ1v) is 8.62. The van der Waals surface area contributed by atoms with Crippen molar-refractivity contribution in [2.45, 2.75) is 13.8 Å². The van der Waals surface area contributed by atoms with Crippen LogP contribution in [-0.4, -0.2) is 16.0 Å². The van der Waals surface area contributed by atoms with Crippen LogP contribution in [0.4, 0.5) is 17.1 Å². The van der Waals surface area contributed by atoms with Gasteiger partial charge in [-0.2, -0.15) is 10.2 Å². The van der Waals surface area contributed by atoms with Crippen LogP contribution in [0.25, 0.3) is 0 Å². The topological polar surface area (TPSA) is 114 Å². The van der Waals surface area contributed by atoms with Gasteiger partial charge in [0.25, 0.3) is 5.69 Å². The highest BCUT2D eigenvalue weighted by atomic mass is 16.6. The molecule has 0 aromatic heterocycles. The average molecular weight is 391 g/mol. The summed E-state index contributed by atoms with van der Waals surface area (Å²) in [5.41, 5.74) is 2.59. The summed E-state index contributed by atoms with van der Waals surface area (Å²) in [5, 5.41) is 28.8. The highest BCUT2D eigenvalue weighted by Gasteiger charge is 2.11. The van der Waals surface area contributed by atoms with Crippen LogP contribution in [0.5, 0.6) is 11.5 Å². The third kappa shape index (κ3) is 4.81.